The number of carbonyl (C=O) groups excluding carboxylic acids is 2. The minimum Gasteiger partial charge on any atom is -0.352 e. The molecule has 2 atom stereocenters. The molecule has 0 fully saturated rings. The van der Waals surface area contributed by atoms with E-state index >= 15 is 0 Å². The number of hydrogen-bond acceptors (Lipinski definition) is 4. The van der Waals surface area contributed by atoms with Crippen LogP contribution in [-0.4, -0.2) is 43.8 Å². The minimum atomic E-state index is -4.14. The molecule has 214 valence electrons. The highest BCUT2D eigenvalue weighted by molar-refractivity contribution is 7.92. The van der Waals surface area contributed by atoms with Crippen molar-refractivity contribution in [3.8, 4) is 0 Å². The molecule has 0 unspecified atom stereocenters. The molecule has 0 aliphatic rings. The number of halogens is 1. The van der Waals surface area contributed by atoms with E-state index in [1.165, 1.54) is 17.0 Å². The van der Waals surface area contributed by atoms with Crippen LogP contribution in [0.4, 0.5) is 5.69 Å². The van der Waals surface area contributed by atoms with Gasteiger partial charge in [0, 0.05) is 17.6 Å². The topological polar surface area (TPSA) is 86.8 Å². The second-order valence-electron chi connectivity index (χ2n) is 10.0. The quantitative estimate of drug-likeness (QED) is 0.289. The number of nitrogens with zero attached hydrogens (tertiary/aromatic N) is 2. The highest BCUT2D eigenvalue weighted by Gasteiger charge is 2.34. The van der Waals surface area contributed by atoms with Crippen LogP contribution in [0.3, 0.4) is 0 Å². The van der Waals surface area contributed by atoms with E-state index < -0.39 is 28.5 Å². The number of anilines is 1. The number of aryl methyl sites for hydroxylation is 2. The van der Waals surface area contributed by atoms with Crippen LogP contribution >= 0.6 is 11.6 Å². The van der Waals surface area contributed by atoms with Gasteiger partial charge in [0.2, 0.25) is 11.8 Å². The number of carbonyl (C=O) groups is 2. The van der Waals surface area contributed by atoms with Crippen molar-refractivity contribution in [2.24, 2.45) is 0 Å². The lowest BCUT2D eigenvalue weighted by molar-refractivity contribution is -0.140. The molecule has 0 aliphatic heterocycles. The summed E-state index contributed by atoms with van der Waals surface area (Å²) in [5, 5.41) is 3.37. The summed E-state index contributed by atoms with van der Waals surface area (Å²) in [6.45, 7) is 9.15. The molecular weight excluding hydrogens is 546 g/mol. The van der Waals surface area contributed by atoms with Gasteiger partial charge in [-0.3, -0.25) is 13.9 Å². The average molecular weight is 584 g/mol. The van der Waals surface area contributed by atoms with Crippen LogP contribution in [-0.2, 0) is 26.2 Å². The van der Waals surface area contributed by atoms with Gasteiger partial charge < -0.3 is 10.2 Å². The van der Waals surface area contributed by atoms with Crippen molar-refractivity contribution in [3.63, 3.8) is 0 Å². The summed E-state index contributed by atoms with van der Waals surface area (Å²) in [5.41, 5.74) is 2.91. The molecule has 0 radical (unpaired) electrons. The lowest BCUT2D eigenvalue weighted by Gasteiger charge is -2.34. The third-order valence-electron chi connectivity index (χ3n) is 6.88. The van der Waals surface area contributed by atoms with E-state index in [0.717, 1.165) is 27.4 Å². The van der Waals surface area contributed by atoms with Crippen LogP contribution in [0.2, 0.25) is 5.02 Å². The van der Waals surface area contributed by atoms with Crippen LogP contribution in [0.5, 0.6) is 0 Å². The Kier molecular flexibility index (Phi) is 10.8. The Balaban J connectivity index is 2.07. The molecule has 3 rings (SSSR count). The first-order valence-electron chi connectivity index (χ1n) is 13.5. The average Bonchev–Trinajstić information content (AvgIpc) is 2.93. The molecule has 2 amide bonds. The molecule has 0 saturated carbocycles. The Labute approximate surface area is 243 Å². The Morgan fingerprint density at radius 3 is 2.23 bits per heavy atom. The van der Waals surface area contributed by atoms with Crippen LogP contribution in [0.25, 0.3) is 0 Å². The summed E-state index contributed by atoms with van der Waals surface area (Å²) in [6, 6.07) is 19.7. The Morgan fingerprint density at radius 2 is 1.62 bits per heavy atom. The predicted molar refractivity (Wildman–Crippen MR) is 161 cm³/mol. The van der Waals surface area contributed by atoms with Gasteiger partial charge in [0.25, 0.3) is 10.0 Å². The number of hydrogen-bond donors (Lipinski definition) is 1. The van der Waals surface area contributed by atoms with Gasteiger partial charge >= 0.3 is 0 Å². The predicted octanol–water partition coefficient (Wildman–Crippen LogP) is 5.87. The molecule has 9 heteroatoms. The molecule has 0 aromatic heterocycles. The number of nitrogens with one attached hydrogen (secondary N) is 1. The molecule has 7 nitrogen and oxygen atoms in total. The maximum Gasteiger partial charge on any atom is 0.264 e. The summed E-state index contributed by atoms with van der Waals surface area (Å²) in [6.07, 6.45) is 1.10. The monoisotopic (exact) mass is 583 g/mol. The molecular formula is C31H38ClN3O4S. The standard InChI is InChI=1S/C31H38ClN3O4S/c1-6-24(5)33-31(37)29(7-2)34(20-25-13-11-12-22(3)18-25)30(36)21-35(26-17-16-23(4)28(32)19-26)40(38,39)27-14-9-8-10-15-27/h8-19,24,29H,6-7,20-21H2,1-5H3,(H,33,37)/t24-,29-/m1/s1. The Morgan fingerprint density at radius 1 is 0.925 bits per heavy atom. The van der Waals surface area contributed by atoms with Crippen LogP contribution < -0.4 is 9.62 Å². The first-order chi connectivity index (χ1) is 19.0. The summed E-state index contributed by atoms with van der Waals surface area (Å²) in [7, 11) is -4.14. The fraction of sp³-hybridized carbons (Fsp3) is 0.355. The van der Waals surface area contributed by atoms with Gasteiger partial charge in [0.15, 0.2) is 0 Å². The van der Waals surface area contributed by atoms with Gasteiger partial charge in [0.05, 0.1) is 10.6 Å². The van der Waals surface area contributed by atoms with E-state index in [0.29, 0.717) is 11.4 Å². The zero-order chi connectivity index (χ0) is 29.4. The molecule has 0 aliphatic carbocycles. The van der Waals surface area contributed by atoms with Crippen molar-refractivity contribution >= 4 is 39.1 Å². The summed E-state index contributed by atoms with van der Waals surface area (Å²) >= 11 is 6.38. The highest BCUT2D eigenvalue weighted by atomic mass is 35.5. The first kappa shape index (κ1) is 31.2. The first-order valence-corrected chi connectivity index (χ1v) is 15.3. The maximum absolute atomic E-state index is 14.1. The third-order valence-corrected chi connectivity index (χ3v) is 9.07. The van der Waals surface area contributed by atoms with Gasteiger partial charge in [-0.25, -0.2) is 8.42 Å². The maximum atomic E-state index is 14.1. The molecule has 0 saturated heterocycles. The Hall–Kier alpha value is -3.36. The van der Waals surface area contributed by atoms with Gasteiger partial charge in [-0.05, 0) is 69.0 Å². The van der Waals surface area contributed by atoms with E-state index in [-0.39, 0.29) is 29.1 Å². The smallest absolute Gasteiger partial charge is 0.264 e. The molecule has 40 heavy (non-hydrogen) atoms. The molecule has 0 spiro atoms. The van der Waals surface area contributed by atoms with E-state index in [9.17, 15) is 18.0 Å². The van der Waals surface area contributed by atoms with Crippen molar-refractivity contribution in [1.29, 1.82) is 0 Å². The number of amides is 2. The van der Waals surface area contributed by atoms with E-state index in [2.05, 4.69) is 5.32 Å². The third kappa shape index (κ3) is 7.64. The molecule has 0 bridgehead atoms. The number of sulfonamides is 1. The van der Waals surface area contributed by atoms with E-state index in [4.69, 9.17) is 11.6 Å². The highest BCUT2D eigenvalue weighted by Crippen LogP contribution is 2.28. The van der Waals surface area contributed by atoms with Crippen molar-refractivity contribution in [3.05, 3.63) is 94.5 Å². The normalized spacial score (nSPS) is 12.8. The summed E-state index contributed by atoms with van der Waals surface area (Å²) in [5.74, 6) is -0.766. The van der Waals surface area contributed by atoms with Gasteiger partial charge in [-0.1, -0.05) is 79.5 Å². The van der Waals surface area contributed by atoms with Crippen molar-refractivity contribution < 1.29 is 18.0 Å². The fourth-order valence-electron chi connectivity index (χ4n) is 4.35. The lowest BCUT2D eigenvalue weighted by Crippen LogP contribution is -2.53. The van der Waals surface area contributed by atoms with Gasteiger partial charge in [-0.2, -0.15) is 0 Å². The van der Waals surface area contributed by atoms with Crippen LogP contribution in [0.1, 0.15) is 50.3 Å². The lowest BCUT2D eigenvalue weighted by atomic mass is 10.1. The second-order valence-corrected chi connectivity index (χ2v) is 12.3. The van der Waals surface area contributed by atoms with E-state index in [1.54, 1.807) is 36.4 Å². The SMILES string of the molecule is CC[C@@H](C)NC(=O)[C@@H](CC)N(Cc1cccc(C)c1)C(=O)CN(c1ccc(C)c(Cl)c1)S(=O)(=O)c1ccccc1. The zero-order valence-corrected chi connectivity index (χ0v) is 25.3. The van der Waals surface area contributed by atoms with Crippen molar-refractivity contribution in [1.82, 2.24) is 10.2 Å². The van der Waals surface area contributed by atoms with Gasteiger partial charge in [0.1, 0.15) is 12.6 Å². The summed E-state index contributed by atoms with van der Waals surface area (Å²) < 4.78 is 28.8. The zero-order valence-electron chi connectivity index (χ0n) is 23.7. The molecule has 3 aromatic rings. The van der Waals surface area contributed by atoms with Crippen LogP contribution in [0.15, 0.2) is 77.7 Å². The fourth-order valence-corrected chi connectivity index (χ4v) is 5.95. The van der Waals surface area contributed by atoms with Crippen molar-refractivity contribution in [2.75, 3.05) is 10.8 Å². The molecule has 1 N–H and O–H groups in total. The second kappa shape index (κ2) is 13.8. The minimum absolute atomic E-state index is 0.0475. The Bertz CT molecular complexity index is 1430. The molecule has 0 heterocycles. The van der Waals surface area contributed by atoms with E-state index in [1.807, 2.05) is 58.9 Å². The largest absolute Gasteiger partial charge is 0.352 e. The molecule has 3 aromatic carbocycles. The van der Waals surface area contributed by atoms with Crippen LogP contribution in [0, 0.1) is 13.8 Å². The van der Waals surface area contributed by atoms with Crippen molar-refractivity contribution in [2.45, 2.75) is 71.0 Å². The number of benzene rings is 3. The van der Waals surface area contributed by atoms with Gasteiger partial charge in [-0.15, -0.1) is 0 Å². The number of rotatable bonds is 12. The summed E-state index contributed by atoms with van der Waals surface area (Å²) in [4.78, 5) is 29.0.